The highest BCUT2D eigenvalue weighted by Gasteiger charge is 2.25. The smallest absolute Gasteiger partial charge is 0.265 e. The number of nitrogens with one attached hydrogen (secondary N) is 2. The zero-order chi connectivity index (χ0) is 25.2. The molecule has 3 aromatic heterocycles. The monoisotopic (exact) mass is 490 g/mol. The highest BCUT2D eigenvalue weighted by Crippen LogP contribution is 2.31. The Morgan fingerprint density at radius 1 is 1.03 bits per heavy atom. The first-order chi connectivity index (χ1) is 17.4. The number of rotatable bonds is 5. The van der Waals surface area contributed by atoms with Gasteiger partial charge in [-0.25, -0.2) is 9.97 Å². The molecule has 11 nitrogen and oxygen atoms in total. The van der Waals surface area contributed by atoms with Crippen LogP contribution in [0.15, 0.2) is 35.4 Å². The van der Waals surface area contributed by atoms with Gasteiger partial charge >= 0.3 is 0 Å². The number of carbonyl (C=O) groups is 2. The number of nitrogens with zero attached hydrogens (tertiary/aromatic N) is 6. The molecule has 188 valence electrons. The van der Waals surface area contributed by atoms with E-state index in [9.17, 15) is 14.4 Å². The number of pyridine rings is 2. The van der Waals surface area contributed by atoms with E-state index in [4.69, 9.17) is 0 Å². The van der Waals surface area contributed by atoms with Crippen LogP contribution in [0.1, 0.15) is 49.0 Å². The summed E-state index contributed by atoms with van der Waals surface area (Å²) in [4.78, 5) is 55.5. The molecule has 0 spiro atoms. The van der Waals surface area contributed by atoms with Gasteiger partial charge in [-0.2, -0.15) is 4.98 Å². The maximum atomic E-state index is 13.4. The lowest BCUT2D eigenvalue weighted by Crippen LogP contribution is -2.44. The summed E-state index contributed by atoms with van der Waals surface area (Å²) in [7, 11) is 2.13. The van der Waals surface area contributed by atoms with E-state index in [1.54, 1.807) is 10.8 Å². The fourth-order valence-electron chi connectivity index (χ4n) is 4.90. The standard InChI is InChI=1S/C25H30N8O3/c1-16(34)28-23(35)20-13-17-14-27-25(30-22(17)33(24(20)36)18-5-3-4-6-18)29-21-8-7-19(15-26-21)32-11-9-31(2)10-12-32/h7-8,13-15,18H,3-6,9-12H2,1-2H3,(H,28,34,35)(H,26,27,29,30). The minimum Gasteiger partial charge on any atom is -0.368 e. The fourth-order valence-corrected chi connectivity index (χ4v) is 4.90. The number of amides is 2. The van der Waals surface area contributed by atoms with E-state index in [2.05, 4.69) is 42.4 Å². The van der Waals surface area contributed by atoms with Gasteiger partial charge in [0.05, 0.1) is 11.9 Å². The summed E-state index contributed by atoms with van der Waals surface area (Å²) in [5.41, 5.74) is 0.986. The maximum absolute atomic E-state index is 13.4. The maximum Gasteiger partial charge on any atom is 0.265 e. The minimum absolute atomic E-state index is 0.0613. The van der Waals surface area contributed by atoms with Crippen LogP contribution in [0.3, 0.4) is 0 Å². The predicted molar refractivity (Wildman–Crippen MR) is 137 cm³/mol. The number of anilines is 3. The Bertz CT molecular complexity index is 1340. The summed E-state index contributed by atoms with van der Waals surface area (Å²) in [5, 5.41) is 5.89. The third-order valence-electron chi connectivity index (χ3n) is 6.85. The van der Waals surface area contributed by atoms with Crippen molar-refractivity contribution in [3.8, 4) is 0 Å². The molecular weight excluding hydrogens is 460 g/mol. The van der Waals surface area contributed by atoms with Crippen LogP contribution < -0.4 is 21.1 Å². The van der Waals surface area contributed by atoms with Gasteiger partial charge in [-0.3, -0.25) is 24.3 Å². The summed E-state index contributed by atoms with van der Waals surface area (Å²) in [5.74, 6) is -0.323. The Hall–Kier alpha value is -3.86. The third-order valence-corrected chi connectivity index (χ3v) is 6.85. The van der Waals surface area contributed by atoms with Crippen LogP contribution in [0.2, 0.25) is 0 Å². The molecule has 1 saturated carbocycles. The zero-order valence-electron chi connectivity index (χ0n) is 20.5. The second-order valence-corrected chi connectivity index (χ2v) is 9.47. The zero-order valence-corrected chi connectivity index (χ0v) is 20.5. The predicted octanol–water partition coefficient (Wildman–Crippen LogP) is 2.07. The van der Waals surface area contributed by atoms with Gasteiger partial charge in [0.25, 0.3) is 11.5 Å². The first-order valence-corrected chi connectivity index (χ1v) is 12.3. The molecule has 1 aliphatic heterocycles. The normalized spacial score (nSPS) is 16.9. The largest absolute Gasteiger partial charge is 0.368 e. The Balaban J connectivity index is 1.45. The number of likely N-dealkylation sites (N-methyl/N-ethyl adjacent to an activating group) is 1. The van der Waals surface area contributed by atoms with Crippen LogP contribution in [0, 0.1) is 0 Å². The van der Waals surface area contributed by atoms with Crippen LogP contribution in [-0.4, -0.2) is 69.5 Å². The summed E-state index contributed by atoms with van der Waals surface area (Å²) in [6.07, 6.45) is 7.08. The molecule has 0 unspecified atom stereocenters. The summed E-state index contributed by atoms with van der Waals surface area (Å²) >= 11 is 0. The minimum atomic E-state index is -0.715. The van der Waals surface area contributed by atoms with Gasteiger partial charge in [-0.15, -0.1) is 0 Å². The Kier molecular flexibility index (Phi) is 6.64. The number of hydrogen-bond acceptors (Lipinski definition) is 9. The van der Waals surface area contributed by atoms with Crippen molar-refractivity contribution >= 4 is 40.3 Å². The lowest BCUT2D eigenvalue weighted by atomic mass is 10.1. The van der Waals surface area contributed by atoms with Crippen molar-refractivity contribution in [2.45, 2.75) is 38.6 Å². The summed E-state index contributed by atoms with van der Waals surface area (Å²) in [6, 6.07) is 5.30. The van der Waals surface area contributed by atoms with E-state index in [0.717, 1.165) is 57.5 Å². The molecule has 3 aromatic rings. The average Bonchev–Trinajstić information content (AvgIpc) is 3.39. The number of hydrogen-bond donors (Lipinski definition) is 2. The van der Waals surface area contributed by atoms with Crippen molar-refractivity contribution in [2.24, 2.45) is 0 Å². The van der Waals surface area contributed by atoms with E-state index in [-0.39, 0.29) is 11.6 Å². The average molecular weight is 491 g/mol. The molecule has 0 aromatic carbocycles. The lowest BCUT2D eigenvalue weighted by Gasteiger charge is -2.33. The Labute approximate surface area is 208 Å². The first kappa shape index (κ1) is 23.9. The molecule has 0 radical (unpaired) electrons. The molecule has 36 heavy (non-hydrogen) atoms. The van der Waals surface area contributed by atoms with Crippen LogP contribution in [0.4, 0.5) is 17.5 Å². The van der Waals surface area contributed by atoms with E-state index in [0.29, 0.717) is 22.8 Å². The molecule has 1 saturated heterocycles. The van der Waals surface area contributed by atoms with E-state index in [1.807, 2.05) is 18.3 Å². The Morgan fingerprint density at radius 2 is 1.78 bits per heavy atom. The van der Waals surface area contributed by atoms with Gasteiger partial charge in [0.2, 0.25) is 11.9 Å². The molecule has 1 aliphatic carbocycles. The van der Waals surface area contributed by atoms with Crippen molar-refractivity contribution in [1.29, 1.82) is 0 Å². The van der Waals surface area contributed by atoms with Crippen LogP contribution in [0.25, 0.3) is 11.0 Å². The molecule has 11 heteroatoms. The van der Waals surface area contributed by atoms with Gasteiger partial charge in [0, 0.05) is 50.7 Å². The number of aromatic nitrogens is 4. The summed E-state index contributed by atoms with van der Waals surface area (Å²) in [6.45, 7) is 5.20. The van der Waals surface area contributed by atoms with Crippen molar-refractivity contribution < 1.29 is 9.59 Å². The van der Waals surface area contributed by atoms with Crippen LogP contribution in [-0.2, 0) is 4.79 Å². The second kappa shape index (κ2) is 10.0. The van der Waals surface area contributed by atoms with Gasteiger partial charge < -0.3 is 15.1 Å². The van der Waals surface area contributed by atoms with Crippen molar-refractivity contribution in [3.05, 3.63) is 46.5 Å². The third kappa shape index (κ3) is 4.92. The molecular formula is C25H30N8O3. The molecule has 2 N–H and O–H groups in total. The first-order valence-electron chi connectivity index (χ1n) is 12.3. The van der Waals surface area contributed by atoms with Crippen LogP contribution in [0.5, 0.6) is 0 Å². The molecule has 4 heterocycles. The van der Waals surface area contributed by atoms with Crippen molar-refractivity contribution in [3.63, 3.8) is 0 Å². The van der Waals surface area contributed by atoms with E-state index < -0.39 is 17.4 Å². The quantitative estimate of drug-likeness (QED) is 0.553. The summed E-state index contributed by atoms with van der Waals surface area (Å²) < 4.78 is 1.59. The highest BCUT2D eigenvalue weighted by molar-refractivity contribution is 6.05. The van der Waals surface area contributed by atoms with Crippen LogP contribution >= 0.6 is 0 Å². The molecule has 5 rings (SSSR count). The van der Waals surface area contributed by atoms with E-state index in [1.165, 1.54) is 13.0 Å². The topological polar surface area (TPSA) is 125 Å². The molecule has 2 fully saturated rings. The highest BCUT2D eigenvalue weighted by atomic mass is 16.2. The molecule has 0 atom stereocenters. The van der Waals surface area contributed by atoms with Crippen molar-refractivity contribution in [1.82, 2.24) is 29.7 Å². The number of imide groups is 1. The van der Waals surface area contributed by atoms with Gasteiger partial charge in [0.1, 0.15) is 17.0 Å². The van der Waals surface area contributed by atoms with Crippen molar-refractivity contribution in [2.75, 3.05) is 43.4 Å². The van der Waals surface area contributed by atoms with Gasteiger partial charge in [-0.1, -0.05) is 12.8 Å². The SMILES string of the molecule is CC(=O)NC(=O)c1cc2cnc(Nc3ccc(N4CCN(C)CC4)cn3)nc2n(C2CCCC2)c1=O. The number of fused-ring (bicyclic) bond motifs is 1. The molecule has 2 amide bonds. The fraction of sp³-hybridized carbons (Fsp3) is 0.440. The number of carbonyl (C=O) groups excluding carboxylic acids is 2. The van der Waals surface area contributed by atoms with E-state index >= 15 is 0 Å². The van der Waals surface area contributed by atoms with Gasteiger partial charge in [-0.05, 0) is 38.1 Å². The number of piperazine rings is 1. The lowest BCUT2D eigenvalue weighted by molar-refractivity contribution is -0.118. The second-order valence-electron chi connectivity index (χ2n) is 9.47. The Morgan fingerprint density at radius 3 is 2.44 bits per heavy atom. The van der Waals surface area contributed by atoms with Gasteiger partial charge in [0.15, 0.2) is 0 Å². The molecule has 0 bridgehead atoms. The molecule has 2 aliphatic rings.